The molecule has 0 aromatic heterocycles. The van der Waals surface area contributed by atoms with Gasteiger partial charge in [-0.3, -0.25) is 0 Å². The average Bonchev–Trinajstić information content (AvgIpc) is 3.56. The first-order chi connectivity index (χ1) is 13.3. The second-order valence-corrected chi connectivity index (χ2v) is 7.75. The van der Waals surface area contributed by atoms with Crippen LogP contribution < -0.4 is 5.32 Å². The van der Waals surface area contributed by atoms with Crippen LogP contribution in [0.1, 0.15) is 42.4 Å². The summed E-state index contributed by atoms with van der Waals surface area (Å²) in [6, 6.07) is 19.3. The average molecular weight is 357 g/mol. The second kappa shape index (κ2) is 8.46. The molecular weight excluding hydrogens is 328 g/mol. The molecule has 2 aromatic carbocycles. The van der Waals surface area contributed by atoms with E-state index in [0.29, 0.717) is 6.04 Å². The first kappa shape index (κ1) is 17.9. The fourth-order valence-electron chi connectivity index (χ4n) is 3.60. The lowest BCUT2D eigenvalue weighted by atomic mass is 10.0. The molecule has 1 aliphatic heterocycles. The molecule has 138 valence electrons. The Labute approximate surface area is 163 Å². The Morgan fingerprint density at radius 3 is 2.15 bits per heavy atom. The molecule has 2 aliphatic rings. The van der Waals surface area contributed by atoms with E-state index in [4.69, 9.17) is 0 Å². The number of piperidine rings is 1. The maximum atomic E-state index is 4.35. The highest BCUT2D eigenvalue weighted by Gasteiger charge is 2.24. The third kappa shape index (κ3) is 5.02. The Bertz CT molecular complexity index is 814. The van der Waals surface area contributed by atoms with Gasteiger partial charge in [-0.15, -0.1) is 0 Å². The van der Waals surface area contributed by atoms with E-state index < -0.39 is 0 Å². The Balaban J connectivity index is 1.31. The van der Waals surface area contributed by atoms with Crippen LogP contribution in [0, 0.1) is 17.8 Å². The van der Waals surface area contributed by atoms with Crippen LogP contribution in [0.2, 0.25) is 0 Å². The third-order valence-electron chi connectivity index (χ3n) is 5.61. The fourth-order valence-corrected chi connectivity index (χ4v) is 3.60. The molecule has 1 aliphatic carbocycles. The van der Waals surface area contributed by atoms with Crippen LogP contribution in [0.15, 0.2) is 61.2 Å². The van der Waals surface area contributed by atoms with Gasteiger partial charge in [-0.2, -0.15) is 0 Å². The lowest BCUT2D eigenvalue weighted by Gasteiger charge is -2.35. The summed E-state index contributed by atoms with van der Waals surface area (Å²) in [7, 11) is 0. The van der Waals surface area contributed by atoms with Gasteiger partial charge < -0.3 is 10.2 Å². The highest BCUT2D eigenvalue weighted by atomic mass is 15.2. The monoisotopic (exact) mass is 356 g/mol. The Morgan fingerprint density at radius 2 is 1.52 bits per heavy atom. The molecule has 0 atom stereocenters. The molecule has 4 rings (SSSR count). The summed E-state index contributed by atoms with van der Waals surface area (Å²) in [4.78, 5) is 2.43. The number of rotatable bonds is 5. The fraction of sp³-hybridized carbons (Fsp3) is 0.360. The molecule has 1 saturated heterocycles. The lowest BCUT2D eigenvalue weighted by Crippen LogP contribution is -2.42. The van der Waals surface area contributed by atoms with Crippen molar-refractivity contribution in [3.8, 4) is 11.8 Å². The predicted molar refractivity (Wildman–Crippen MR) is 113 cm³/mol. The van der Waals surface area contributed by atoms with Crippen molar-refractivity contribution in [1.29, 1.82) is 0 Å². The summed E-state index contributed by atoms with van der Waals surface area (Å²) >= 11 is 0. The maximum Gasteiger partial charge on any atom is 0.0366 e. The zero-order valence-electron chi connectivity index (χ0n) is 16.0. The first-order valence-electron chi connectivity index (χ1n) is 10.1. The van der Waals surface area contributed by atoms with Gasteiger partial charge in [0.15, 0.2) is 0 Å². The van der Waals surface area contributed by atoms with E-state index in [1.807, 2.05) is 30.3 Å². The van der Waals surface area contributed by atoms with Crippen LogP contribution in [-0.2, 0) is 0 Å². The molecule has 2 aromatic rings. The largest absolute Gasteiger partial charge is 0.371 e. The van der Waals surface area contributed by atoms with Crippen LogP contribution in [0.5, 0.6) is 0 Å². The third-order valence-corrected chi connectivity index (χ3v) is 5.61. The van der Waals surface area contributed by atoms with Crippen LogP contribution in [0.25, 0.3) is 5.70 Å². The smallest absolute Gasteiger partial charge is 0.0366 e. The van der Waals surface area contributed by atoms with Crippen LogP contribution in [0.3, 0.4) is 0 Å². The van der Waals surface area contributed by atoms with Crippen molar-refractivity contribution in [2.75, 3.05) is 19.6 Å². The quantitative estimate of drug-likeness (QED) is 0.793. The Hall–Kier alpha value is -2.50. The highest BCUT2D eigenvalue weighted by Crippen LogP contribution is 2.28. The van der Waals surface area contributed by atoms with Gasteiger partial charge in [0.05, 0.1) is 0 Å². The van der Waals surface area contributed by atoms with Gasteiger partial charge in [-0.25, -0.2) is 0 Å². The molecule has 0 bridgehead atoms. The predicted octanol–water partition coefficient (Wildman–Crippen LogP) is 4.52. The van der Waals surface area contributed by atoms with Gasteiger partial charge in [-0.1, -0.05) is 48.8 Å². The molecule has 0 radical (unpaired) electrons. The normalized spacial score (nSPS) is 17.3. The first-order valence-corrected chi connectivity index (χ1v) is 10.1. The van der Waals surface area contributed by atoms with E-state index in [9.17, 15) is 0 Å². The van der Waals surface area contributed by atoms with Crippen molar-refractivity contribution < 1.29 is 0 Å². The summed E-state index contributed by atoms with van der Waals surface area (Å²) in [6.07, 6.45) is 5.28. The van der Waals surface area contributed by atoms with Gasteiger partial charge in [0.25, 0.3) is 0 Å². The number of hydrogen-bond acceptors (Lipinski definition) is 2. The SMILES string of the molecule is C=C(c1ccc(C#Cc2ccccc2)cc1)N1CCC(NCC2CC2)CC1. The number of hydrogen-bond donors (Lipinski definition) is 1. The molecule has 2 fully saturated rings. The minimum Gasteiger partial charge on any atom is -0.371 e. The van der Waals surface area contributed by atoms with Crippen molar-refractivity contribution in [2.45, 2.75) is 31.7 Å². The molecule has 0 unspecified atom stereocenters. The van der Waals surface area contributed by atoms with Gasteiger partial charge in [-0.05, 0) is 68.0 Å². The van der Waals surface area contributed by atoms with Crippen molar-refractivity contribution in [3.63, 3.8) is 0 Å². The van der Waals surface area contributed by atoms with E-state index in [-0.39, 0.29) is 0 Å². The molecule has 0 spiro atoms. The molecule has 2 nitrogen and oxygen atoms in total. The molecule has 1 saturated carbocycles. The minimum absolute atomic E-state index is 0.685. The van der Waals surface area contributed by atoms with Gasteiger partial charge in [0, 0.05) is 36.0 Å². The van der Waals surface area contributed by atoms with Gasteiger partial charge >= 0.3 is 0 Å². The summed E-state index contributed by atoms with van der Waals surface area (Å²) in [6.45, 7) is 7.76. The van der Waals surface area contributed by atoms with E-state index >= 15 is 0 Å². The summed E-state index contributed by atoms with van der Waals surface area (Å²) in [5, 5.41) is 3.75. The van der Waals surface area contributed by atoms with Crippen LogP contribution >= 0.6 is 0 Å². The van der Waals surface area contributed by atoms with E-state index in [1.165, 1.54) is 37.8 Å². The van der Waals surface area contributed by atoms with Gasteiger partial charge in [0.1, 0.15) is 0 Å². The topological polar surface area (TPSA) is 15.3 Å². The molecule has 2 heteroatoms. The highest BCUT2D eigenvalue weighted by molar-refractivity contribution is 5.63. The van der Waals surface area contributed by atoms with Crippen molar-refractivity contribution in [2.24, 2.45) is 5.92 Å². The van der Waals surface area contributed by atoms with Crippen molar-refractivity contribution in [3.05, 3.63) is 77.9 Å². The number of likely N-dealkylation sites (tertiary alicyclic amines) is 1. The van der Waals surface area contributed by atoms with E-state index in [1.54, 1.807) is 0 Å². The molecule has 1 N–H and O–H groups in total. The molecule has 1 heterocycles. The minimum atomic E-state index is 0.685. The Kier molecular flexibility index (Phi) is 5.61. The van der Waals surface area contributed by atoms with E-state index in [0.717, 1.165) is 35.8 Å². The van der Waals surface area contributed by atoms with Crippen LogP contribution in [0.4, 0.5) is 0 Å². The Morgan fingerprint density at radius 1 is 0.889 bits per heavy atom. The van der Waals surface area contributed by atoms with Gasteiger partial charge in [0.2, 0.25) is 0 Å². The summed E-state index contributed by atoms with van der Waals surface area (Å²) < 4.78 is 0. The number of nitrogens with zero attached hydrogens (tertiary/aromatic N) is 1. The standard InChI is InChI=1S/C25H28N2/c1-20(27-17-15-25(16-18-27)26-19-23-9-10-23)24-13-11-22(12-14-24)8-7-21-5-3-2-4-6-21/h2-6,11-14,23,25-26H,1,9-10,15-19H2. The summed E-state index contributed by atoms with van der Waals surface area (Å²) in [5.41, 5.74) is 4.42. The second-order valence-electron chi connectivity index (χ2n) is 7.75. The maximum absolute atomic E-state index is 4.35. The van der Waals surface area contributed by atoms with Crippen molar-refractivity contribution >= 4 is 5.70 Å². The number of benzene rings is 2. The molecule has 27 heavy (non-hydrogen) atoms. The zero-order valence-corrected chi connectivity index (χ0v) is 16.0. The van der Waals surface area contributed by atoms with E-state index in [2.05, 4.69) is 52.9 Å². The number of nitrogens with one attached hydrogen (secondary N) is 1. The van der Waals surface area contributed by atoms with Crippen molar-refractivity contribution in [1.82, 2.24) is 10.2 Å². The van der Waals surface area contributed by atoms with Crippen LogP contribution in [-0.4, -0.2) is 30.6 Å². The molecule has 0 amide bonds. The molecular formula is C25H28N2. The lowest BCUT2D eigenvalue weighted by molar-refractivity contribution is 0.270. The summed E-state index contributed by atoms with van der Waals surface area (Å²) in [5.74, 6) is 7.41. The zero-order chi connectivity index (χ0) is 18.5.